The molecule has 3 rings (SSSR count). The molecule has 0 aromatic carbocycles. The Hall–Kier alpha value is -4.33. The van der Waals surface area contributed by atoms with Crippen molar-refractivity contribution in [2.45, 2.75) is 135 Å². The predicted molar refractivity (Wildman–Crippen MR) is 177 cm³/mol. The topological polar surface area (TPSA) is 246 Å². The van der Waals surface area contributed by atoms with Gasteiger partial charge in [0.25, 0.3) is 0 Å². The highest BCUT2D eigenvalue weighted by Gasteiger charge is 2.57. The van der Waals surface area contributed by atoms with Crippen LogP contribution in [0.2, 0.25) is 0 Å². The van der Waals surface area contributed by atoms with Gasteiger partial charge in [0, 0.05) is 55.5 Å². The van der Waals surface area contributed by atoms with Crippen molar-refractivity contribution in [3.63, 3.8) is 0 Å². The van der Waals surface area contributed by atoms with Crippen molar-refractivity contribution in [1.29, 1.82) is 0 Å². The number of amides is 5. The Morgan fingerprint density at radius 1 is 0.808 bits per heavy atom. The first-order chi connectivity index (χ1) is 24.2. The first-order valence-corrected chi connectivity index (χ1v) is 16.8. The predicted octanol–water partition coefficient (Wildman–Crippen LogP) is -1.74. The summed E-state index contributed by atoms with van der Waals surface area (Å²) in [7, 11) is 1.43. The number of carbonyl (C=O) groups is 7. The number of aliphatic hydroxyl groups is 1. The Morgan fingerprint density at radius 3 is 1.83 bits per heavy atom. The summed E-state index contributed by atoms with van der Waals surface area (Å²) in [6.07, 6.45) is -6.65. The average Bonchev–Trinajstić information content (AvgIpc) is 3.00. The highest BCUT2D eigenvalue weighted by molar-refractivity contribution is 5.75. The van der Waals surface area contributed by atoms with Crippen LogP contribution in [-0.4, -0.2) is 138 Å². The van der Waals surface area contributed by atoms with Crippen molar-refractivity contribution >= 4 is 41.5 Å². The van der Waals surface area contributed by atoms with E-state index in [9.17, 15) is 38.7 Å². The van der Waals surface area contributed by atoms with Crippen LogP contribution < -0.4 is 21.3 Å². The Bertz CT molecular complexity index is 1410. The smallest absolute Gasteiger partial charge is 0.303 e. The van der Waals surface area contributed by atoms with E-state index in [4.69, 9.17) is 28.4 Å². The van der Waals surface area contributed by atoms with Crippen LogP contribution in [0, 0.1) is 0 Å². The SMILES string of the molecule is CC(=O)NCC1=CC[C@@H](NC(C)=O)[C@@H](O[C@H]2[C@H](O)[C@@H](O[C@H]3OC[C@](C)(OC(C)=O)[C@H](N(C)C(C)=O)[C@H]3OC(C)=O)[C@H](NC(C)=O)C[C@@H]2NC(C)=O)O1. The molecule has 5 amide bonds. The molecule has 5 N–H and O–H groups in total. The van der Waals surface area contributed by atoms with Crippen molar-refractivity contribution in [2.75, 3.05) is 20.2 Å². The van der Waals surface area contributed by atoms with Crippen LogP contribution >= 0.6 is 0 Å². The number of hydrogen-bond acceptors (Lipinski definition) is 14. The molecule has 1 saturated heterocycles. The van der Waals surface area contributed by atoms with E-state index in [2.05, 4.69) is 21.3 Å². The molecule has 52 heavy (non-hydrogen) atoms. The molecule has 2 heterocycles. The summed E-state index contributed by atoms with van der Waals surface area (Å²) < 4.78 is 36.0. The van der Waals surface area contributed by atoms with E-state index in [0.29, 0.717) is 5.76 Å². The van der Waals surface area contributed by atoms with Gasteiger partial charge in [-0.25, -0.2) is 0 Å². The van der Waals surface area contributed by atoms with E-state index in [0.717, 1.165) is 6.92 Å². The standard InChI is InChI=1S/C33H51N5O14/c1-15(39)34-13-22-10-11-23(35-16(2)40)31(49-22)50-27-24(36-17(3)41)12-25(37-18(4)42)28(26(27)46)51-32-29(48-20(6)44)30(38(9)19(5)43)33(8,14-47-32)52-21(7)45/h10,23-32,46H,11-14H2,1-9H3,(H,34,39)(H,35,40)(H,36,41)(H,37,42)/t23-,24+,25-,26+,27-,28+,29-,30-,31-,32-,33+/m1/s1. The number of aliphatic hydroxyl groups excluding tert-OH is 1. The molecule has 0 radical (unpaired) electrons. The van der Waals surface area contributed by atoms with E-state index in [1.54, 1.807) is 6.08 Å². The summed E-state index contributed by atoms with van der Waals surface area (Å²) in [5.41, 5.74) is -1.52. The second kappa shape index (κ2) is 17.9. The fourth-order valence-corrected chi connectivity index (χ4v) is 6.75. The number of likely N-dealkylation sites (N-methyl/N-ethyl adjacent to an activating group) is 1. The number of nitrogens with zero attached hydrogens (tertiary/aromatic N) is 1. The van der Waals surface area contributed by atoms with Crippen LogP contribution in [0.3, 0.4) is 0 Å². The molecule has 0 bridgehead atoms. The second-order valence-electron chi connectivity index (χ2n) is 13.4. The van der Waals surface area contributed by atoms with E-state index < -0.39 is 102 Å². The first kappa shape index (κ1) is 42.1. The maximum absolute atomic E-state index is 12.7. The zero-order valence-electron chi connectivity index (χ0n) is 30.9. The van der Waals surface area contributed by atoms with Crippen molar-refractivity contribution in [1.82, 2.24) is 26.2 Å². The summed E-state index contributed by atoms with van der Waals surface area (Å²) in [5, 5.41) is 22.9. The summed E-state index contributed by atoms with van der Waals surface area (Å²) >= 11 is 0. The van der Waals surface area contributed by atoms with Crippen LogP contribution in [0.5, 0.6) is 0 Å². The van der Waals surface area contributed by atoms with Crippen LogP contribution in [0.1, 0.15) is 68.2 Å². The average molecular weight is 742 g/mol. The number of esters is 2. The molecule has 1 saturated carbocycles. The molecule has 3 aliphatic rings. The Balaban J connectivity index is 2.05. The van der Waals surface area contributed by atoms with Gasteiger partial charge in [-0.1, -0.05) is 0 Å². The largest absolute Gasteiger partial charge is 0.465 e. The van der Waals surface area contributed by atoms with E-state index >= 15 is 0 Å². The summed E-state index contributed by atoms with van der Waals surface area (Å²) in [6.45, 7) is 9.90. The maximum atomic E-state index is 12.7. The van der Waals surface area contributed by atoms with Gasteiger partial charge in [-0.3, -0.25) is 33.6 Å². The van der Waals surface area contributed by atoms with Gasteiger partial charge in [0.2, 0.25) is 35.8 Å². The second-order valence-corrected chi connectivity index (χ2v) is 13.4. The van der Waals surface area contributed by atoms with Gasteiger partial charge in [0.15, 0.2) is 18.0 Å². The van der Waals surface area contributed by atoms with E-state index in [1.807, 2.05) is 0 Å². The van der Waals surface area contributed by atoms with E-state index in [1.165, 1.54) is 60.4 Å². The molecular weight excluding hydrogens is 690 g/mol. The first-order valence-electron chi connectivity index (χ1n) is 16.8. The summed E-state index contributed by atoms with van der Waals surface area (Å²) in [4.78, 5) is 87.0. The molecule has 2 fully saturated rings. The van der Waals surface area contributed by atoms with Gasteiger partial charge >= 0.3 is 11.9 Å². The van der Waals surface area contributed by atoms with Gasteiger partial charge in [-0.15, -0.1) is 0 Å². The van der Waals surface area contributed by atoms with Gasteiger partial charge in [-0.05, 0) is 25.8 Å². The lowest BCUT2D eigenvalue weighted by atomic mass is 9.82. The lowest BCUT2D eigenvalue weighted by Crippen LogP contribution is -2.71. The Morgan fingerprint density at radius 2 is 1.35 bits per heavy atom. The Labute approximate surface area is 301 Å². The minimum Gasteiger partial charge on any atom is -0.465 e. The van der Waals surface area contributed by atoms with Crippen molar-refractivity contribution in [2.24, 2.45) is 0 Å². The molecule has 0 spiro atoms. The molecule has 2 aliphatic heterocycles. The van der Waals surface area contributed by atoms with E-state index in [-0.39, 0.29) is 31.9 Å². The minimum atomic E-state index is -1.67. The highest BCUT2D eigenvalue weighted by atomic mass is 16.7. The van der Waals surface area contributed by atoms with Crippen LogP contribution in [0.4, 0.5) is 0 Å². The van der Waals surface area contributed by atoms with Crippen LogP contribution in [0.15, 0.2) is 11.8 Å². The lowest BCUT2D eigenvalue weighted by Gasteiger charge is -2.52. The number of hydrogen-bond donors (Lipinski definition) is 5. The minimum absolute atomic E-state index is 0.0133. The Kier molecular flexibility index (Phi) is 14.5. The molecule has 1 aliphatic carbocycles. The monoisotopic (exact) mass is 741 g/mol. The van der Waals surface area contributed by atoms with Crippen molar-refractivity contribution in [3.8, 4) is 0 Å². The third-order valence-electron chi connectivity index (χ3n) is 8.76. The third kappa shape index (κ3) is 11.1. The molecule has 292 valence electrons. The van der Waals surface area contributed by atoms with Gasteiger partial charge in [-0.2, -0.15) is 0 Å². The van der Waals surface area contributed by atoms with Crippen LogP contribution in [0.25, 0.3) is 0 Å². The molecule has 0 aromatic rings. The highest BCUT2D eigenvalue weighted by Crippen LogP contribution is 2.37. The normalized spacial score (nSPS) is 32.8. The summed E-state index contributed by atoms with van der Waals surface area (Å²) in [5.74, 6) is -3.31. The van der Waals surface area contributed by atoms with Crippen LogP contribution in [-0.2, 0) is 62.0 Å². The molecule has 0 aromatic heterocycles. The molecule has 11 atom stereocenters. The molecule has 19 heteroatoms. The number of nitrogens with one attached hydrogen (secondary N) is 4. The molecule has 0 unspecified atom stereocenters. The molecule has 19 nitrogen and oxygen atoms in total. The van der Waals surface area contributed by atoms with Gasteiger partial charge in [0.1, 0.15) is 30.1 Å². The third-order valence-corrected chi connectivity index (χ3v) is 8.76. The van der Waals surface area contributed by atoms with Gasteiger partial charge < -0.3 is 59.7 Å². The number of carbonyl (C=O) groups excluding carboxylic acids is 7. The fourth-order valence-electron chi connectivity index (χ4n) is 6.75. The fraction of sp³-hybridized carbons (Fsp3) is 0.727. The number of ether oxygens (including phenoxy) is 6. The number of rotatable bonds is 12. The summed E-state index contributed by atoms with van der Waals surface area (Å²) in [6, 6.07) is -3.84. The van der Waals surface area contributed by atoms with Crippen molar-refractivity contribution < 1.29 is 67.1 Å². The lowest BCUT2D eigenvalue weighted by molar-refractivity contribution is -0.314. The van der Waals surface area contributed by atoms with Crippen molar-refractivity contribution in [3.05, 3.63) is 11.8 Å². The van der Waals surface area contributed by atoms with Gasteiger partial charge in [0.05, 0.1) is 31.3 Å². The quantitative estimate of drug-likeness (QED) is 0.140. The zero-order chi connectivity index (χ0) is 39.1. The molecular formula is C33H51N5O14. The maximum Gasteiger partial charge on any atom is 0.303 e. The zero-order valence-corrected chi connectivity index (χ0v) is 30.9.